The SMILES string of the molecule is C.CC(C)[C@@H]1CCC2CC2C1. The predicted molar refractivity (Wildman–Crippen MR) is 50.5 cm³/mol. The highest BCUT2D eigenvalue weighted by Crippen LogP contribution is 2.52. The van der Waals surface area contributed by atoms with Gasteiger partial charge in [-0.25, -0.2) is 0 Å². The highest BCUT2D eigenvalue weighted by Gasteiger charge is 2.42. The molecule has 3 atom stereocenters. The van der Waals surface area contributed by atoms with Gasteiger partial charge in [0, 0.05) is 0 Å². The van der Waals surface area contributed by atoms with Gasteiger partial charge in [-0.3, -0.25) is 0 Å². The van der Waals surface area contributed by atoms with E-state index in [2.05, 4.69) is 13.8 Å². The van der Waals surface area contributed by atoms with Crippen LogP contribution in [0.2, 0.25) is 0 Å². The summed E-state index contributed by atoms with van der Waals surface area (Å²) in [6, 6.07) is 0. The van der Waals surface area contributed by atoms with E-state index in [1.807, 2.05) is 0 Å². The minimum Gasteiger partial charge on any atom is -0.0776 e. The van der Waals surface area contributed by atoms with Gasteiger partial charge in [-0.2, -0.15) is 0 Å². The van der Waals surface area contributed by atoms with E-state index >= 15 is 0 Å². The van der Waals surface area contributed by atoms with E-state index in [4.69, 9.17) is 0 Å². The fraction of sp³-hybridized carbons (Fsp3) is 1.00. The van der Waals surface area contributed by atoms with Gasteiger partial charge in [0.25, 0.3) is 0 Å². The predicted octanol–water partition coefficient (Wildman–Crippen LogP) is 3.71. The minimum absolute atomic E-state index is 0. The second kappa shape index (κ2) is 3.16. The van der Waals surface area contributed by atoms with Crippen molar-refractivity contribution in [2.24, 2.45) is 23.7 Å². The molecule has 11 heavy (non-hydrogen) atoms. The van der Waals surface area contributed by atoms with Crippen molar-refractivity contribution in [1.29, 1.82) is 0 Å². The van der Waals surface area contributed by atoms with Crippen LogP contribution in [0.1, 0.15) is 47.0 Å². The molecule has 0 heteroatoms. The Kier molecular flexibility index (Phi) is 2.61. The largest absolute Gasteiger partial charge is 0.0776 e. The van der Waals surface area contributed by atoms with Crippen molar-refractivity contribution in [1.82, 2.24) is 0 Å². The first-order chi connectivity index (χ1) is 4.77. The van der Waals surface area contributed by atoms with E-state index in [-0.39, 0.29) is 7.43 Å². The van der Waals surface area contributed by atoms with E-state index in [1.165, 1.54) is 18.3 Å². The van der Waals surface area contributed by atoms with Crippen molar-refractivity contribution in [3.8, 4) is 0 Å². The van der Waals surface area contributed by atoms with Crippen LogP contribution in [-0.2, 0) is 0 Å². The number of hydrogen-bond acceptors (Lipinski definition) is 0. The van der Waals surface area contributed by atoms with Crippen molar-refractivity contribution >= 4 is 0 Å². The molecule has 2 rings (SSSR count). The van der Waals surface area contributed by atoms with Crippen molar-refractivity contribution in [3.05, 3.63) is 0 Å². The van der Waals surface area contributed by atoms with Crippen LogP contribution >= 0.6 is 0 Å². The highest BCUT2D eigenvalue weighted by molar-refractivity contribution is 4.92. The van der Waals surface area contributed by atoms with Gasteiger partial charge >= 0.3 is 0 Å². The van der Waals surface area contributed by atoms with Gasteiger partial charge in [0.05, 0.1) is 0 Å². The van der Waals surface area contributed by atoms with Crippen molar-refractivity contribution < 1.29 is 0 Å². The molecule has 2 saturated carbocycles. The minimum atomic E-state index is 0. The average molecular weight is 154 g/mol. The molecule has 2 unspecified atom stereocenters. The van der Waals surface area contributed by atoms with Crippen LogP contribution in [0.25, 0.3) is 0 Å². The summed E-state index contributed by atoms with van der Waals surface area (Å²) in [7, 11) is 0. The van der Waals surface area contributed by atoms with Gasteiger partial charge in [-0.1, -0.05) is 21.3 Å². The smallest absolute Gasteiger partial charge is 0.0380 e. The molecule has 0 radical (unpaired) electrons. The third-order valence-electron chi connectivity index (χ3n) is 3.53. The molecule has 0 aliphatic heterocycles. The van der Waals surface area contributed by atoms with Gasteiger partial charge < -0.3 is 0 Å². The van der Waals surface area contributed by atoms with Crippen molar-refractivity contribution in [2.75, 3.05) is 0 Å². The Labute approximate surface area is 71.4 Å². The maximum Gasteiger partial charge on any atom is -0.0380 e. The Morgan fingerprint density at radius 3 is 2.27 bits per heavy atom. The van der Waals surface area contributed by atoms with E-state index in [9.17, 15) is 0 Å². The summed E-state index contributed by atoms with van der Waals surface area (Å²) in [5.41, 5.74) is 0. The third kappa shape index (κ3) is 1.77. The molecular weight excluding hydrogens is 132 g/mol. The molecule has 0 saturated heterocycles. The Balaban J connectivity index is 0.000000605. The van der Waals surface area contributed by atoms with Crippen molar-refractivity contribution in [3.63, 3.8) is 0 Å². The molecule has 0 heterocycles. The zero-order valence-electron chi connectivity index (χ0n) is 7.14. The Bertz CT molecular complexity index is 126. The van der Waals surface area contributed by atoms with Crippen LogP contribution in [0.15, 0.2) is 0 Å². The average Bonchev–Trinajstić information content (AvgIpc) is 2.63. The van der Waals surface area contributed by atoms with Crippen LogP contribution in [0, 0.1) is 23.7 Å². The van der Waals surface area contributed by atoms with Crippen LogP contribution < -0.4 is 0 Å². The zero-order chi connectivity index (χ0) is 7.14. The normalized spacial score (nSPS) is 41.2. The van der Waals surface area contributed by atoms with E-state index in [1.54, 1.807) is 19.3 Å². The van der Waals surface area contributed by atoms with E-state index < -0.39 is 0 Å². The molecule has 2 fully saturated rings. The van der Waals surface area contributed by atoms with E-state index in [0.29, 0.717) is 0 Å². The Morgan fingerprint density at radius 1 is 1.00 bits per heavy atom. The van der Waals surface area contributed by atoms with Crippen LogP contribution in [0.3, 0.4) is 0 Å². The summed E-state index contributed by atoms with van der Waals surface area (Å²) >= 11 is 0. The first kappa shape index (κ1) is 9.09. The summed E-state index contributed by atoms with van der Waals surface area (Å²) in [6.07, 6.45) is 6.21. The molecule has 2 aliphatic rings. The maximum absolute atomic E-state index is 2.38. The molecule has 0 amide bonds. The molecule has 0 aromatic carbocycles. The zero-order valence-corrected chi connectivity index (χ0v) is 7.14. The van der Waals surface area contributed by atoms with E-state index in [0.717, 1.165) is 11.8 Å². The molecule has 0 nitrogen and oxygen atoms in total. The Morgan fingerprint density at radius 2 is 1.73 bits per heavy atom. The summed E-state index contributed by atoms with van der Waals surface area (Å²) in [6.45, 7) is 4.76. The first-order valence-electron chi connectivity index (χ1n) is 4.77. The molecule has 0 spiro atoms. The summed E-state index contributed by atoms with van der Waals surface area (Å²) in [5.74, 6) is 4.36. The Hall–Kier alpha value is 0. The number of rotatable bonds is 1. The lowest BCUT2D eigenvalue weighted by Crippen LogP contribution is -2.14. The summed E-state index contributed by atoms with van der Waals surface area (Å²) < 4.78 is 0. The van der Waals surface area contributed by atoms with Crippen LogP contribution in [0.5, 0.6) is 0 Å². The molecule has 66 valence electrons. The summed E-state index contributed by atoms with van der Waals surface area (Å²) in [4.78, 5) is 0. The van der Waals surface area contributed by atoms with Gasteiger partial charge in [-0.15, -0.1) is 0 Å². The molecule has 0 N–H and O–H groups in total. The van der Waals surface area contributed by atoms with Crippen LogP contribution in [-0.4, -0.2) is 0 Å². The van der Waals surface area contributed by atoms with Gasteiger partial charge in [0.1, 0.15) is 0 Å². The maximum atomic E-state index is 2.38. The fourth-order valence-corrected chi connectivity index (χ4v) is 2.49. The standard InChI is InChI=1S/C10H18.CH4/c1-7(2)8-3-4-9-6-10(9)5-8;/h7-10H,3-6H2,1-2H3;1H4/t8-,9?,10?;/m1./s1. The molecule has 0 aromatic heterocycles. The lowest BCUT2D eigenvalue weighted by atomic mass is 9.82. The topological polar surface area (TPSA) is 0 Å². The summed E-state index contributed by atoms with van der Waals surface area (Å²) in [5, 5.41) is 0. The van der Waals surface area contributed by atoms with Gasteiger partial charge in [0.15, 0.2) is 0 Å². The quantitative estimate of drug-likeness (QED) is 0.540. The molecule has 0 aromatic rings. The number of fused-ring (bicyclic) bond motifs is 1. The lowest BCUT2D eigenvalue weighted by Gasteiger charge is -2.24. The van der Waals surface area contributed by atoms with Gasteiger partial charge in [-0.05, 0) is 49.4 Å². The van der Waals surface area contributed by atoms with Gasteiger partial charge in [0.2, 0.25) is 0 Å². The first-order valence-corrected chi connectivity index (χ1v) is 4.77. The highest BCUT2D eigenvalue weighted by atomic mass is 14.5. The fourth-order valence-electron chi connectivity index (χ4n) is 2.49. The molecule has 0 bridgehead atoms. The molecule has 2 aliphatic carbocycles. The molecular formula is C11H22. The van der Waals surface area contributed by atoms with Crippen molar-refractivity contribution in [2.45, 2.75) is 47.0 Å². The number of hydrogen-bond donors (Lipinski definition) is 0. The second-order valence-electron chi connectivity index (χ2n) is 4.57. The second-order valence-corrected chi connectivity index (χ2v) is 4.57. The third-order valence-corrected chi connectivity index (χ3v) is 3.53. The van der Waals surface area contributed by atoms with Crippen LogP contribution in [0.4, 0.5) is 0 Å². The monoisotopic (exact) mass is 154 g/mol. The lowest BCUT2D eigenvalue weighted by molar-refractivity contribution is 0.269.